The smallest absolute Gasteiger partial charge is 0.244 e. The lowest BCUT2D eigenvalue weighted by Crippen LogP contribution is -2.49. The molecule has 0 unspecified atom stereocenters. The maximum absolute atomic E-state index is 12.3. The minimum Gasteiger partial charge on any atom is -0.363 e. The standard InChI is InChI=1S/C19H31N5OS/c1-2-20-19(21-15-17(25)23-10-4-3-5-11-23)22-16-8-12-24(13-9-16)18-7-6-14-26-18/h6-7,14,16H,2-5,8-13,15H2,1H3,(H2,20,21,22). The van der Waals surface area contributed by atoms with Crippen molar-refractivity contribution >= 4 is 28.2 Å². The number of piperidine rings is 2. The van der Waals surface area contributed by atoms with Crippen LogP contribution in [-0.4, -0.2) is 62.1 Å². The van der Waals surface area contributed by atoms with E-state index in [0.29, 0.717) is 6.04 Å². The Bertz CT molecular complexity index is 575. The molecular weight excluding hydrogens is 346 g/mol. The van der Waals surface area contributed by atoms with E-state index in [-0.39, 0.29) is 12.5 Å². The van der Waals surface area contributed by atoms with Gasteiger partial charge in [-0.2, -0.15) is 0 Å². The fraction of sp³-hybridized carbons (Fsp3) is 0.684. The highest BCUT2D eigenvalue weighted by atomic mass is 32.1. The van der Waals surface area contributed by atoms with Gasteiger partial charge in [-0.25, -0.2) is 4.99 Å². The molecule has 0 spiro atoms. The van der Waals surface area contributed by atoms with E-state index in [0.717, 1.165) is 64.4 Å². The van der Waals surface area contributed by atoms with Crippen molar-refractivity contribution in [2.45, 2.75) is 45.1 Å². The molecule has 2 saturated heterocycles. The number of likely N-dealkylation sites (tertiary alicyclic amines) is 1. The van der Waals surface area contributed by atoms with Crippen LogP contribution in [-0.2, 0) is 4.79 Å². The van der Waals surface area contributed by atoms with Gasteiger partial charge in [-0.05, 0) is 56.5 Å². The Morgan fingerprint density at radius 3 is 2.65 bits per heavy atom. The van der Waals surface area contributed by atoms with Gasteiger partial charge in [0, 0.05) is 38.8 Å². The lowest BCUT2D eigenvalue weighted by Gasteiger charge is -2.33. The predicted molar refractivity (Wildman–Crippen MR) is 109 cm³/mol. The summed E-state index contributed by atoms with van der Waals surface area (Å²) in [6.07, 6.45) is 5.65. The maximum Gasteiger partial charge on any atom is 0.244 e. The largest absolute Gasteiger partial charge is 0.363 e. The summed E-state index contributed by atoms with van der Waals surface area (Å²) in [6.45, 7) is 7.00. The van der Waals surface area contributed by atoms with Crippen molar-refractivity contribution in [1.82, 2.24) is 15.5 Å². The monoisotopic (exact) mass is 377 g/mol. The fourth-order valence-corrected chi connectivity index (χ4v) is 4.38. The van der Waals surface area contributed by atoms with Crippen LogP contribution in [0.1, 0.15) is 39.0 Å². The molecule has 0 aromatic carbocycles. The normalized spacial score (nSPS) is 19.5. The number of nitrogens with one attached hydrogen (secondary N) is 2. The molecule has 0 radical (unpaired) electrons. The van der Waals surface area contributed by atoms with Crippen molar-refractivity contribution in [1.29, 1.82) is 0 Å². The summed E-state index contributed by atoms with van der Waals surface area (Å²) in [4.78, 5) is 21.3. The Balaban J connectivity index is 1.47. The van der Waals surface area contributed by atoms with Gasteiger partial charge in [-0.1, -0.05) is 0 Å². The van der Waals surface area contributed by atoms with E-state index in [1.165, 1.54) is 11.4 Å². The highest BCUT2D eigenvalue weighted by Gasteiger charge is 2.21. The molecule has 1 aromatic rings. The lowest BCUT2D eigenvalue weighted by atomic mass is 10.1. The van der Waals surface area contributed by atoms with Gasteiger partial charge in [-0.15, -0.1) is 11.3 Å². The summed E-state index contributed by atoms with van der Waals surface area (Å²) < 4.78 is 0. The second kappa shape index (κ2) is 9.80. The highest BCUT2D eigenvalue weighted by Crippen LogP contribution is 2.24. The number of rotatable bonds is 5. The van der Waals surface area contributed by atoms with Crippen LogP contribution in [0.25, 0.3) is 0 Å². The van der Waals surface area contributed by atoms with Crippen LogP contribution in [0.5, 0.6) is 0 Å². The molecule has 3 heterocycles. The molecule has 2 N–H and O–H groups in total. The number of hydrogen-bond donors (Lipinski definition) is 2. The predicted octanol–water partition coefficient (Wildman–Crippen LogP) is 2.28. The van der Waals surface area contributed by atoms with Gasteiger partial charge in [0.05, 0.1) is 5.00 Å². The third-order valence-electron chi connectivity index (χ3n) is 5.08. The molecular formula is C19H31N5OS. The minimum atomic E-state index is 0.148. The van der Waals surface area contributed by atoms with Crippen LogP contribution < -0.4 is 15.5 Å². The van der Waals surface area contributed by atoms with Gasteiger partial charge in [0.1, 0.15) is 6.54 Å². The number of thiophene rings is 1. The van der Waals surface area contributed by atoms with Crippen molar-refractivity contribution in [3.63, 3.8) is 0 Å². The van der Waals surface area contributed by atoms with E-state index < -0.39 is 0 Å². The van der Waals surface area contributed by atoms with Crippen molar-refractivity contribution in [3.8, 4) is 0 Å². The van der Waals surface area contributed by atoms with Crippen molar-refractivity contribution < 1.29 is 4.79 Å². The Hall–Kier alpha value is -1.76. The summed E-state index contributed by atoms with van der Waals surface area (Å²) in [7, 11) is 0. The number of guanidine groups is 1. The number of hydrogen-bond acceptors (Lipinski definition) is 4. The van der Waals surface area contributed by atoms with Crippen molar-refractivity contribution in [2.75, 3.05) is 44.2 Å². The second-order valence-corrected chi connectivity index (χ2v) is 7.92. The van der Waals surface area contributed by atoms with E-state index in [9.17, 15) is 4.79 Å². The van der Waals surface area contributed by atoms with E-state index in [2.05, 4.69) is 45.0 Å². The van der Waals surface area contributed by atoms with Gasteiger partial charge in [0.15, 0.2) is 5.96 Å². The number of anilines is 1. The lowest BCUT2D eigenvalue weighted by molar-refractivity contribution is -0.130. The number of carbonyl (C=O) groups excluding carboxylic acids is 1. The van der Waals surface area contributed by atoms with E-state index in [1.54, 1.807) is 11.3 Å². The van der Waals surface area contributed by atoms with Crippen LogP contribution in [0.4, 0.5) is 5.00 Å². The first-order valence-corrected chi connectivity index (χ1v) is 10.8. The molecule has 7 heteroatoms. The molecule has 1 amide bonds. The molecule has 0 saturated carbocycles. The Kier molecular flexibility index (Phi) is 7.17. The van der Waals surface area contributed by atoms with Crippen LogP contribution in [0.2, 0.25) is 0 Å². The molecule has 2 aliphatic heterocycles. The van der Waals surface area contributed by atoms with Gasteiger partial charge >= 0.3 is 0 Å². The zero-order chi connectivity index (χ0) is 18.2. The molecule has 0 bridgehead atoms. The third-order valence-corrected chi connectivity index (χ3v) is 6.01. The molecule has 6 nitrogen and oxygen atoms in total. The average Bonchev–Trinajstić information content (AvgIpc) is 3.22. The van der Waals surface area contributed by atoms with Crippen molar-refractivity contribution in [2.24, 2.45) is 4.99 Å². The second-order valence-electron chi connectivity index (χ2n) is 6.99. The highest BCUT2D eigenvalue weighted by molar-refractivity contribution is 7.14. The zero-order valence-corrected chi connectivity index (χ0v) is 16.6. The van der Waals surface area contributed by atoms with Crippen molar-refractivity contribution in [3.05, 3.63) is 17.5 Å². The fourth-order valence-electron chi connectivity index (χ4n) is 3.60. The topological polar surface area (TPSA) is 60.0 Å². The summed E-state index contributed by atoms with van der Waals surface area (Å²) in [5.41, 5.74) is 0. The first kappa shape index (κ1) is 19.0. The summed E-state index contributed by atoms with van der Waals surface area (Å²) in [5.74, 6) is 0.918. The zero-order valence-electron chi connectivity index (χ0n) is 15.7. The number of nitrogens with zero attached hydrogens (tertiary/aromatic N) is 3. The molecule has 1 aromatic heterocycles. The van der Waals surface area contributed by atoms with Gasteiger partial charge < -0.3 is 20.4 Å². The van der Waals surface area contributed by atoms with Gasteiger partial charge in [-0.3, -0.25) is 4.79 Å². The third kappa shape index (κ3) is 5.37. The Morgan fingerprint density at radius 2 is 2.00 bits per heavy atom. The van der Waals surface area contributed by atoms with Crippen LogP contribution in [0, 0.1) is 0 Å². The summed E-state index contributed by atoms with van der Waals surface area (Å²) in [6, 6.07) is 4.71. The first-order chi connectivity index (χ1) is 12.8. The SMILES string of the molecule is CCNC(=NCC(=O)N1CCCCC1)NC1CCN(c2cccs2)CC1. The Morgan fingerprint density at radius 1 is 1.23 bits per heavy atom. The van der Waals surface area contributed by atoms with E-state index in [1.807, 2.05) is 4.90 Å². The van der Waals surface area contributed by atoms with Gasteiger partial charge in [0.2, 0.25) is 5.91 Å². The molecule has 0 atom stereocenters. The van der Waals surface area contributed by atoms with Gasteiger partial charge in [0.25, 0.3) is 0 Å². The van der Waals surface area contributed by atoms with Crippen LogP contribution in [0.3, 0.4) is 0 Å². The number of aliphatic imine (C=N–C) groups is 1. The minimum absolute atomic E-state index is 0.148. The molecule has 26 heavy (non-hydrogen) atoms. The number of carbonyl (C=O) groups is 1. The quantitative estimate of drug-likeness (QED) is 0.611. The molecule has 3 rings (SSSR count). The van der Waals surface area contributed by atoms with E-state index in [4.69, 9.17) is 0 Å². The summed E-state index contributed by atoms with van der Waals surface area (Å²) in [5, 5.41) is 10.3. The first-order valence-electron chi connectivity index (χ1n) is 9.87. The molecule has 2 fully saturated rings. The van der Waals surface area contributed by atoms with Crippen LogP contribution in [0.15, 0.2) is 22.5 Å². The van der Waals surface area contributed by atoms with Crippen LogP contribution >= 0.6 is 11.3 Å². The summed E-state index contributed by atoms with van der Waals surface area (Å²) >= 11 is 1.80. The Labute approximate surface area is 160 Å². The maximum atomic E-state index is 12.3. The molecule has 2 aliphatic rings. The average molecular weight is 378 g/mol. The number of amides is 1. The van der Waals surface area contributed by atoms with E-state index >= 15 is 0 Å². The molecule has 144 valence electrons. The molecule has 0 aliphatic carbocycles.